The molecule has 1 heterocycles. The zero-order valence-corrected chi connectivity index (χ0v) is 35.6. The van der Waals surface area contributed by atoms with Gasteiger partial charge in [0, 0.05) is 26.7 Å². The summed E-state index contributed by atoms with van der Waals surface area (Å²) in [6, 6.07) is 12.6. The minimum absolute atomic E-state index is 0.0477. The lowest BCUT2D eigenvalue weighted by atomic mass is 9.95. The van der Waals surface area contributed by atoms with Gasteiger partial charge in [-0.1, -0.05) is 62.4 Å². The van der Waals surface area contributed by atoms with E-state index in [2.05, 4.69) is 16.0 Å². The molecule has 338 valence electrons. The molecule has 1 aliphatic heterocycles. The molecule has 7 atom stereocenters. The topological polar surface area (TPSA) is 267 Å². The molecular formula is C42H53N3O17. The monoisotopic (exact) mass is 871 g/mol. The van der Waals surface area contributed by atoms with E-state index in [-0.39, 0.29) is 19.1 Å². The molecule has 20 nitrogen and oxygen atoms in total. The number of amides is 3. The number of carbonyl (C=O) groups excluding carboxylic acids is 7. The predicted octanol–water partition coefficient (Wildman–Crippen LogP) is 1.95. The van der Waals surface area contributed by atoms with E-state index in [1.54, 1.807) is 13.8 Å². The summed E-state index contributed by atoms with van der Waals surface area (Å²) in [6.07, 6.45) is -9.69. The molecule has 1 fully saturated rings. The van der Waals surface area contributed by atoms with Crippen molar-refractivity contribution in [1.29, 1.82) is 0 Å². The molecule has 2 aliphatic rings. The molecule has 0 radical (unpaired) electrons. The van der Waals surface area contributed by atoms with E-state index in [9.17, 15) is 43.5 Å². The van der Waals surface area contributed by atoms with Crippen LogP contribution in [0.25, 0.3) is 11.1 Å². The first kappa shape index (κ1) is 48.5. The van der Waals surface area contributed by atoms with Crippen LogP contribution in [0.15, 0.2) is 48.5 Å². The number of benzene rings is 2. The van der Waals surface area contributed by atoms with Crippen LogP contribution in [-0.4, -0.2) is 129 Å². The molecule has 0 unspecified atom stereocenters. The average molecular weight is 872 g/mol. The Labute approximate surface area is 357 Å². The minimum atomic E-state index is -1.83. The standard InChI is InChI=1S/C42H53N3O17/c1-21(2)31(45-41(54)58-17-29-27-15-11-9-13-25(27)26-14-10-12-16-28(26)29)37(50)44-30(36(49)43-20-56-19-42(6,7)40(52)53)18-57-39-35(61-24(5)48)33(60-23(4)47)32(59-22(3)46)34(62-39)38(51)55-8/h9-16,21,29-35,39H,17-20H2,1-8H3,(H,43,49)(H,44,50)(H,45,54)(H,52,53)/t30-,31-,32-,33-,34-,35+,39+/m0/s1. The van der Waals surface area contributed by atoms with Crippen LogP contribution in [0.3, 0.4) is 0 Å². The fourth-order valence-corrected chi connectivity index (χ4v) is 6.76. The number of ether oxygens (including phenoxy) is 8. The highest BCUT2D eigenvalue weighted by atomic mass is 16.7. The maximum Gasteiger partial charge on any atom is 0.407 e. The van der Waals surface area contributed by atoms with E-state index in [0.29, 0.717) is 0 Å². The number of aliphatic carboxylic acids is 1. The van der Waals surface area contributed by atoms with Crippen LogP contribution in [0.1, 0.15) is 65.5 Å². The summed E-state index contributed by atoms with van der Waals surface area (Å²) in [5, 5.41) is 16.9. The van der Waals surface area contributed by atoms with Gasteiger partial charge in [-0.3, -0.25) is 28.8 Å². The van der Waals surface area contributed by atoms with E-state index in [1.807, 2.05) is 48.5 Å². The molecule has 4 rings (SSSR count). The summed E-state index contributed by atoms with van der Waals surface area (Å²) in [6.45, 7) is 7.43. The van der Waals surface area contributed by atoms with E-state index in [1.165, 1.54) is 13.8 Å². The van der Waals surface area contributed by atoms with Gasteiger partial charge in [-0.05, 0) is 42.0 Å². The van der Waals surface area contributed by atoms with E-state index < -0.39 is 115 Å². The van der Waals surface area contributed by atoms with Crippen molar-refractivity contribution in [2.75, 3.05) is 33.7 Å². The molecule has 0 bridgehead atoms. The first-order valence-electron chi connectivity index (χ1n) is 19.6. The van der Waals surface area contributed by atoms with Crippen molar-refractivity contribution < 1.29 is 81.4 Å². The number of methoxy groups -OCH3 is 1. The molecule has 2 aromatic rings. The summed E-state index contributed by atoms with van der Waals surface area (Å²) >= 11 is 0. The number of rotatable bonds is 19. The average Bonchev–Trinajstić information content (AvgIpc) is 3.53. The lowest BCUT2D eigenvalue weighted by molar-refractivity contribution is -0.302. The number of hydrogen-bond donors (Lipinski definition) is 4. The zero-order valence-electron chi connectivity index (χ0n) is 35.6. The Morgan fingerprint density at radius 2 is 1.32 bits per heavy atom. The third kappa shape index (κ3) is 12.5. The Morgan fingerprint density at radius 1 is 0.774 bits per heavy atom. The van der Waals surface area contributed by atoms with E-state index in [4.69, 9.17) is 37.9 Å². The van der Waals surface area contributed by atoms with Gasteiger partial charge in [-0.15, -0.1) is 0 Å². The number of fused-ring (bicyclic) bond motifs is 3. The van der Waals surface area contributed by atoms with E-state index in [0.717, 1.165) is 50.1 Å². The second-order valence-electron chi connectivity index (χ2n) is 15.5. The van der Waals surface area contributed by atoms with Crippen LogP contribution in [-0.2, 0) is 71.5 Å². The van der Waals surface area contributed by atoms with Crippen molar-refractivity contribution in [3.05, 3.63) is 59.7 Å². The van der Waals surface area contributed by atoms with Crippen molar-refractivity contribution in [3.63, 3.8) is 0 Å². The number of esters is 4. The molecule has 62 heavy (non-hydrogen) atoms. The molecule has 0 saturated carbocycles. The summed E-state index contributed by atoms with van der Waals surface area (Å²) in [7, 11) is 1.00. The van der Waals surface area contributed by atoms with Crippen molar-refractivity contribution in [2.24, 2.45) is 11.3 Å². The zero-order chi connectivity index (χ0) is 45.9. The highest BCUT2D eigenvalue weighted by molar-refractivity contribution is 5.91. The molecular weight excluding hydrogens is 818 g/mol. The van der Waals surface area contributed by atoms with Gasteiger partial charge >= 0.3 is 35.9 Å². The molecule has 3 amide bonds. The fourth-order valence-electron chi connectivity index (χ4n) is 6.76. The maximum atomic E-state index is 13.9. The van der Waals surface area contributed by atoms with Crippen molar-refractivity contribution in [2.45, 2.75) is 97.2 Å². The normalized spacial score (nSPS) is 20.3. The fraction of sp³-hybridized carbons (Fsp3) is 0.524. The van der Waals surface area contributed by atoms with Crippen molar-refractivity contribution in [1.82, 2.24) is 16.0 Å². The summed E-state index contributed by atoms with van der Waals surface area (Å²) in [4.78, 5) is 102. The Bertz CT molecular complexity index is 1940. The second kappa shape index (κ2) is 21.6. The van der Waals surface area contributed by atoms with Crippen LogP contribution >= 0.6 is 0 Å². The predicted molar refractivity (Wildman–Crippen MR) is 212 cm³/mol. The molecule has 1 aliphatic carbocycles. The quantitative estimate of drug-likeness (QED) is 0.0680. The Morgan fingerprint density at radius 3 is 1.85 bits per heavy atom. The number of carboxylic acid groups (broad SMARTS) is 1. The van der Waals surface area contributed by atoms with Crippen molar-refractivity contribution in [3.8, 4) is 11.1 Å². The van der Waals surface area contributed by atoms with Crippen LogP contribution in [0.2, 0.25) is 0 Å². The van der Waals surface area contributed by atoms with Gasteiger partial charge in [-0.2, -0.15) is 0 Å². The highest BCUT2D eigenvalue weighted by Crippen LogP contribution is 2.44. The van der Waals surface area contributed by atoms with Crippen LogP contribution in [0.5, 0.6) is 0 Å². The largest absolute Gasteiger partial charge is 0.481 e. The molecule has 20 heteroatoms. The minimum Gasteiger partial charge on any atom is -0.481 e. The second-order valence-corrected chi connectivity index (χ2v) is 15.5. The molecule has 4 N–H and O–H groups in total. The van der Waals surface area contributed by atoms with Crippen LogP contribution in [0, 0.1) is 11.3 Å². The molecule has 1 saturated heterocycles. The van der Waals surface area contributed by atoms with Gasteiger partial charge in [0.15, 0.2) is 30.7 Å². The summed E-state index contributed by atoms with van der Waals surface area (Å²) in [5.74, 6) is -7.71. The maximum absolute atomic E-state index is 13.9. The van der Waals surface area contributed by atoms with Gasteiger partial charge in [-0.25, -0.2) is 9.59 Å². The molecule has 0 aromatic heterocycles. The molecule has 0 spiro atoms. The number of alkyl carbamates (subject to hydrolysis) is 1. The Balaban J connectivity index is 1.56. The highest BCUT2D eigenvalue weighted by Gasteiger charge is 2.55. The number of hydrogen-bond acceptors (Lipinski definition) is 16. The molecule has 2 aromatic carbocycles. The first-order valence-corrected chi connectivity index (χ1v) is 19.6. The van der Waals surface area contributed by atoms with Crippen LogP contribution < -0.4 is 16.0 Å². The van der Waals surface area contributed by atoms with Crippen LogP contribution in [0.4, 0.5) is 4.79 Å². The Kier molecular flexibility index (Phi) is 16.9. The summed E-state index contributed by atoms with van der Waals surface area (Å²) in [5.41, 5.74) is 2.66. The lowest BCUT2D eigenvalue weighted by Crippen LogP contribution is -2.64. The first-order chi connectivity index (χ1) is 29.2. The van der Waals surface area contributed by atoms with E-state index >= 15 is 0 Å². The number of carboxylic acids is 1. The third-order valence-corrected chi connectivity index (χ3v) is 9.85. The number of carbonyl (C=O) groups is 8. The number of nitrogens with one attached hydrogen (secondary N) is 3. The van der Waals surface area contributed by atoms with Crippen molar-refractivity contribution >= 4 is 47.8 Å². The summed E-state index contributed by atoms with van der Waals surface area (Å²) < 4.78 is 43.5. The third-order valence-electron chi connectivity index (χ3n) is 9.85. The lowest BCUT2D eigenvalue weighted by Gasteiger charge is -2.43. The van der Waals surface area contributed by atoms with Gasteiger partial charge < -0.3 is 59.0 Å². The Hall–Kier alpha value is -6.12. The smallest absolute Gasteiger partial charge is 0.407 e. The van der Waals surface area contributed by atoms with Gasteiger partial charge in [0.05, 0.1) is 25.7 Å². The van der Waals surface area contributed by atoms with Gasteiger partial charge in [0.2, 0.25) is 11.8 Å². The SMILES string of the molecule is COC(=O)[C@H]1O[C@@H](OC[C@H](NC(=O)[C@@H](NC(=O)OCC2c3ccccc3-c3ccccc32)C(C)C)C(=O)NCOCC(C)(C)C(=O)O)[C@H](OC(C)=O)[C@@H](OC(C)=O)[C@@H]1OC(C)=O. The van der Waals surface area contributed by atoms with Gasteiger partial charge in [0.25, 0.3) is 0 Å². The van der Waals surface area contributed by atoms with Gasteiger partial charge in [0.1, 0.15) is 25.4 Å².